The van der Waals surface area contributed by atoms with E-state index >= 15 is 0 Å². The minimum atomic E-state index is -0.0802. The van der Waals surface area contributed by atoms with Crippen LogP contribution in [0.5, 0.6) is 0 Å². The number of benzene rings is 6. The van der Waals surface area contributed by atoms with Gasteiger partial charge in [-0.25, -0.2) is 15.0 Å². The summed E-state index contributed by atoms with van der Waals surface area (Å²) in [6.07, 6.45) is 6.52. The SMILES string of the molecule is CCC1CC2CC(C)C3(c4cc(-c5cccc6sc7ccccc7c56)ccc4-c4c(-c5nc(-c6ccccc6)nc(-c6ccccc6)n5)cccc43)C(C1)C2. The van der Waals surface area contributed by atoms with Crippen molar-refractivity contribution in [1.82, 2.24) is 15.0 Å². The summed E-state index contributed by atoms with van der Waals surface area (Å²) in [6.45, 7) is 4.98. The summed E-state index contributed by atoms with van der Waals surface area (Å²) in [7, 11) is 0. The van der Waals surface area contributed by atoms with E-state index in [-0.39, 0.29) is 5.41 Å². The Bertz CT molecular complexity index is 2690. The molecule has 2 bridgehead atoms. The van der Waals surface area contributed by atoms with Crippen molar-refractivity contribution in [1.29, 1.82) is 0 Å². The van der Waals surface area contributed by atoms with Crippen molar-refractivity contribution < 1.29 is 0 Å². The maximum absolute atomic E-state index is 5.29. The molecule has 268 valence electrons. The van der Waals surface area contributed by atoms with E-state index in [4.69, 9.17) is 15.0 Å². The Morgan fingerprint density at radius 2 is 1.24 bits per heavy atom. The Labute approximate surface area is 327 Å². The first kappa shape index (κ1) is 32.9. The smallest absolute Gasteiger partial charge is 0.164 e. The average Bonchev–Trinajstić information content (AvgIpc) is 3.77. The highest BCUT2D eigenvalue weighted by Crippen LogP contribution is 2.66. The van der Waals surface area contributed by atoms with E-state index in [2.05, 4.69) is 141 Å². The second-order valence-electron chi connectivity index (χ2n) is 16.4. The summed E-state index contributed by atoms with van der Waals surface area (Å²) in [6, 6.07) is 51.0. The molecule has 0 amide bonds. The third-order valence-corrected chi connectivity index (χ3v) is 14.6. The van der Waals surface area contributed by atoms with Crippen LogP contribution in [0.2, 0.25) is 0 Å². The molecule has 0 saturated heterocycles. The van der Waals surface area contributed by atoms with Crippen LogP contribution < -0.4 is 0 Å². The molecule has 3 aliphatic rings. The van der Waals surface area contributed by atoms with E-state index in [9.17, 15) is 0 Å². The quantitative estimate of drug-likeness (QED) is 0.177. The fourth-order valence-corrected chi connectivity index (χ4v) is 12.4. The molecule has 3 nitrogen and oxygen atoms in total. The first-order chi connectivity index (χ1) is 27.1. The van der Waals surface area contributed by atoms with Crippen molar-refractivity contribution in [3.05, 3.63) is 151 Å². The summed E-state index contributed by atoms with van der Waals surface area (Å²) in [4.78, 5) is 15.6. The average molecular weight is 730 g/mol. The summed E-state index contributed by atoms with van der Waals surface area (Å²) in [5.41, 5.74) is 11.3. The molecule has 4 heteroatoms. The molecule has 2 fully saturated rings. The summed E-state index contributed by atoms with van der Waals surface area (Å²) >= 11 is 1.90. The first-order valence-electron chi connectivity index (χ1n) is 20.2. The van der Waals surface area contributed by atoms with Gasteiger partial charge in [0.2, 0.25) is 0 Å². The minimum absolute atomic E-state index is 0.0802. The summed E-state index contributed by atoms with van der Waals surface area (Å²) in [5.74, 6) is 4.82. The van der Waals surface area contributed by atoms with Crippen LogP contribution in [0, 0.1) is 23.7 Å². The van der Waals surface area contributed by atoms with Gasteiger partial charge < -0.3 is 0 Å². The van der Waals surface area contributed by atoms with Crippen molar-refractivity contribution in [2.24, 2.45) is 23.7 Å². The second-order valence-corrected chi connectivity index (χ2v) is 17.4. The van der Waals surface area contributed by atoms with Gasteiger partial charge in [0.25, 0.3) is 0 Å². The predicted molar refractivity (Wildman–Crippen MR) is 229 cm³/mol. The lowest BCUT2D eigenvalue weighted by Crippen LogP contribution is -2.49. The number of nitrogens with zero attached hydrogens (tertiary/aromatic N) is 3. The number of aromatic nitrogens is 3. The maximum Gasteiger partial charge on any atom is 0.164 e. The molecule has 1 spiro atoms. The Morgan fingerprint density at radius 1 is 0.564 bits per heavy atom. The minimum Gasteiger partial charge on any atom is -0.208 e. The van der Waals surface area contributed by atoms with Crippen LogP contribution in [0.1, 0.15) is 57.1 Å². The van der Waals surface area contributed by atoms with Crippen LogP contribution in [-0.4, -0.2) is 15.0 Å². The lowest BCUT2D eigenvalue weighted by atomic mass is 9.49. The summed E-state index contributed by atoms with van der Waals surface area (Å²) in [5, 5.41) is 2.73. The molecular weight excluding hydrogens is 687 g/mol. The molecule has 11 rings (SSSR count). The molecule has 6 aromatic carbocycles. The zero-order valence-electron chi connectivity index (χ0n) is 31.4. The van der Waals surface area contributed by atoms with Gasteiger partial charge in [0.05, 0.1) is 0 Å². The number of hydrogen-bond donors (Lipinski definition) is 0. The topological polar surface area (TPSA) is 38.7 Å². The number of thiophene rings is 1. The highest BCUT2D eigenvalue weighted by molar-refractivity contribution is 7.25. The summed E-state index contributed by atoms with van der Waals surface area (Å²) < 4.78 is 2.70. The van der Waals surface area contributed by atoms with Crippen LogP contribution in [-0.2, 0) is 5.41 Å². The number of hydrogen-bond acceptors (Lipinski definition) is 4. The van der Waals surface area contributed by atoms with Gasteiger partial charge in [-0.3, -0.25) is 0 Å². The largest absolute Gasteiger partial charge is 0.208 e. The third-order valence-electron chi connectivity index (χ3n) is 13.5. The Balaban J connectivity index is 1.17. The molecule has 8 aromatic rings. The van der Waals surface area contributed by atoms with Gasteiger partial charge in [0.1, 0.15) is 0 Å². The normalized spacial score (nSPS) is 22.6. The van der Waals surface area contributed by atoms with Crippen LogP contribution in [0.3, 0.4) is 0 Å². The molecule has 3 aliphatic carbocycles. The molecule has 0 radical (unpaired) electrons. The molecule has 2 heterocycles. The highest BCUT2D eigenvalue weighted by Gasteiger charge is 2.57. The van der Waals surface area contributed by atoms with Crippen molar-refractivity contribution in [3.8, 4) is 56.4 Å². The van der Waals surface area contributed by atoms with Crippen molar-refractivity contribution >= 4 is 31.5 Å². The fraction of sp³-hybridized carbons (Fsp3) is 0.235. The van der Waals surface area contributed by atoms with Crippen LogP contribution in [0.4, 0.5) is 0 Å². The Morgan fingerprint density at radius 3 is 2.00 bits per heavy atom. The molecule has 0 aliphatic heterocycles. The lowest BCUT2D eigenvalue weighted by Gasteiger charge is -2.54. The van der Waals surface area contributed by atoms with Gasteiger partial charge in [0.15, 0.2) is 17.5 Å². The van der Waals surface area contributed by atoms with E-state index < -0.39 is 0 Å². The van der Waals surface area contributed by atoms with Crippen molar-refractivity contribution in [2.45, 2.75) is 51.4 Å². The molecule has 0 N–H and O–H groups in total. The van der Waals surface area contributed by atoms with Gasteiger partial charge in [-0.05, 0) is 101 Å². The van der Waals surface area contributed by atoms with Crippen LogP contribution in [0.25, 0.3) is 76.6 Å². The molecule has 5 unspecified atom stereocenters. The Hall–Kier alpha value is -5.45. The van der Waals surface area contributed by atoms with Crippen LogP contribution >= 0.6 is 11.3 Å². The molecule has 55 heavy (non-hydrogen) atoms. The van der Waals surface area contributed by atoms with Crippen molar-refractivity contribution in [3.63, 3.8) is 0 Å². The van der Waals surface area contributed by atoms with Gasteiger partial charge in [-0.2, -0.15) is 0 Å². The maximum atomic E-state index is 5.29. The lowest BCUT2D eigenvalue weighted by molar-refractivity contribution is 0.0368. The number of rotatable bonds is 5. The first-order valence-corrected chi connectivity index (χ1v) is 21.0. The number of fused-ring (bicyclic) bond motifs is 11. The monoisotopic (exact) mass is 729 g/mol. The van der Waals surface area contributed by atoms with E-state index in [0.717, 1.165) is 34.4 Å². The second kappa shape index (κ2) is 12.8. The van der Waals surface area contributed by atoms with Gasteiger partial charge >= 0.3 is 0 Å². The Kier molecular flexibility index (Phi) is 7.67. The molecule has 5 atom stereocenters. The molecular formula is C51H43N3S. The third kappa shape index (κ3) is 5.03. The van der Waals surface area contributed by atoms with E-state index in [1.165, 1.54) is 85.7 Å². The fourth-order valence-electron chi connectivity index (χ4n) is 11.3. The predicted octanol–water partition coefficient (Wildman–Crippen LogP) is 13.7. The van der Waals surface area contributed by atoms with Gasteiger partial charge in [-0.1, -0.05) is 142 Å². The van der Waals surface area contributed by atoms with Crippen molar-refractivity contribution in [2.75, 3.05) is 0 Å². The highest BCUT2D eigenvalue weighted by atomic mass is 32.1. The van der Waals surface area contributed by atoms with E-state index in [1.54, 1.807) is 0 Å². The van der Waals surface area contributed by atoms with Gasteiger partial charge in [-0.15, -0.1) is 11.3 Å². The zero-order valence-corrected chi connectivity index (χ0v) is 32.2. The molecule has 2 aromatic heterocycles. The molecule has 2 saturated carbocycles. The van der Waals surface area contributed by atoms with E-state index in [1.807, 2.05) is 23.5 Å². The standard InChI is InChI=1S/C51H43N3S/c1-3-32-27-33-26-31(2)51(37(28-32)29-33)42-21-12-20-41(50-53-48(34-14-6-4-7-15-34)52-49(54-50)35-16-8-5-9-17-35)46(42)39-25-24-36(30-43(39)51)38-19-13-23-45-47(38)40-18-10-11-22-44(40)55-45/h4-25,30-33,37H,3,26-29H2,1-2H3. The van der Waals surface area contributed by atoms with E-state index in [0.29, 0.717) is 23.5 Å². The zero-order chi connectivity index (χ0) is 36.7. The van der Waals surface area contributed by atoms with Crippen LogP contribution in [0.15, 0.2) is 140 Å². The van der Waals surface area contributed by atoms with Gasteiger partial charge in [0, 0.05) is 42.3 Å².